The molecule has 0 spiro atoms. The van der Waals surface area contributed by atoms with E-state index in [2.05, 4.69) is 11.8 Å². The van der Waals surface area contributed by atoms with E-state index < -0.39 is 5.60 Å². The van der Waals surface area contributed by atoms with Crippen LogP contribution in [-0.4, -0.2) is 60.2 Å². The van der Waals surface area contributed by atoms with Gasteiger partial charge in [0.05, 0.1) is 30.8 Å². The van der Waals surface area contributed by atoms with Gasteiger partial charge in [0, 0.05) is 13.1 Å². The Kier molecular flexibility index (Phi) is 4.12. The number of likely N-dealkylation sites (N-methyl/N-ethyl adjacent to an activating group) is 1. The summed E-state index contributed by atoms with van der Waals surface area (Å²) in [7, 11) is 0. The van der Waals surface area contributed by atoms with Gasteiger partial charge in [-0.1, -0.05) is 6.92 Å². The maximum Gasteiger partial charge on any atom is 0.0718 e. The lowest BCUT2D eigenvalue weighted by Crippen LogP contribution is -2.55. The summed E-state index contributed by atoms with van der Waals surface area (Å²) in [5, 5.41) is 19.1. The predicted molar refractivity (Wildman–Crippen MR) is 58.7 cm³/mol. The van der Waals surface area contributed by atoms with E-state index in [4.69, 9.17) is 4.74 Å². The molecule has 1 fully saturated rings. The van der Waals surface area contributed by atoms with Gasteiger partial charge in [-0.25, -0.2) is 0 Å². The largest absolute Gasteiger partial charge is 0.396 e. The van der Waals surface area contributed by atoms with Crippen molar-refractivity contribution in [1.29, 1.82) is 0 Å². The lowest BCUT2D eigenvalue weighted by molar-refractivity contribution is -0.151. The van der Waals surface area contributed by atoms with Crippen LogP contribution in [-0.2, 0) is 4.74 Å². The Balaban J connectivity index is 2.45. The highest BCUT2D eigenvalue weighted by atomic mass is 16.5. The van der Waals surface area contributed by atoms with E-state index in [0.717, 1.165) is 13.1 Å². The molecule has 0 atom stereocenters. The quantitative estimate of drug-likeness (QED) is 0.662. The lowest BCUT2D eigenvalue weighted by atomic mass is 9.86. The van der Waals surface area contributed by atoms with Gasteiger partial charge in [0.1, 0.15) is 0 Å². The molecule has 1 rings (SSSR count). The molecule has 1 aliphatic rings. The zero-order valence-corrected chi connectivity index (χ0v) is 9.99. The van der Waals surface area contributed by atoms with Crippen molar-refractivity contribution in [1.82, 2.24) is 4.90 Å². The molecular weight excluding hydrogens is 194 g/mol. The number of ether oxygens (including phenoxy) is 1. The molecule has 15 heavy (non-hydrogen) atoms. The summed E-state index contributed by atoms with van der Waals surface area (Å²) in [6, 6.07) is 0. The molecule has 0 aromatic carbocycles. The second-order valence-electron chi connectivity index (χ2n) is 5.27. The van der Waals surface area contributed by atoms with E-state index in [9.17, 15) is 10.2 Å². The Morgan fingerprint density at radius 3 is 2.27 bits per heavy atom. The third-order valence-corrected chi connectivity index (χ3v) is 2.77. The first-order valence-corrected chi connectivity index (χ1v) is 5.54. The van der Waals surface area contributed by atoms with E-state index in [1.54, 1.807) is 13.8 Å². The van der Waals surface area contributed by atoms with Gasteiger partial charge in [0.2, 0.25) is 0 Å². The second-order valence-corrected chi connectivity index (χ2v) is 5.27. The normalized spacial score (nSPS) is 20.4. The summed E-state index contributed by atoms with van der Waals surface area (Å²) in [5.74, 6) is 0. The topological polar surface area (TPSA) is 52.9 Å². The molecule has 0 radical (unpaired) electrons. The molecule has 4 nitrogen and oxygen atoms in total. The minimum Gasteiger partial charge on any atom is -0.396 e. The molecule has 1 heterocycles. The van der Waals surface area contributed by atoms with Crippen molar-refractivity contribution < 1.29 is 14.9 Å². The minimum absolute atomic E-state index is 0.0960. The van der Waals surface area contributed by atoms with Gasteiger partial charge in [0.15, 0.2) is 0 Å². The first kappa shape index (κ1) is 12.9. The van der Waals surface area contributed by atoms with Gasteiger partial charge in [-0.15, -0.1) is 0 Å². The molecule has 90 valence electrons. The van der Waals surface area contributed by atoms with Crippen molar-refractivity contribution in [3.05, 3.63) is 0 Å². The molecule has 0 unspecified atom stereocenters. The fourth-order valence-corrected chi connectivity index (χ4v) is 1.92. The fourth-order valence-electron chi connectivity index (χ4n) is 1.92. The smallest absolute Gasteiger partial charge is 0.0718 e. The Morgan fingerprint density at radius 1 is 1.40 bits per heavy atom. The molecule has 1 aliphatic heterocycles. The summed E-state index contributed by atoms with van der Waals surface area (Å²) in [4.78, 5) is 2.17. The van der Waals surface area contributed by atoms with Crippen LogP contribution in [0, 0.1) is 5.41 Å². The van der Waals surface area contributed by atoms with E-state index in [1.165, 1.54) is 0 Å². The standard InChI is InChI=1S/C11H23NO3/c1-4-12(5-10(2,3)14)6-11(7-13)8-15-9-11/h13-14H,4-9H2,1-3H3. The number of aliphatic hydroxyl groups excluding tert-OH is 1. The zero-order chi connectivity index (χ0) is 11.5. The van der Waals surface area contributed by atoms with E-state index in [-0.39, 0.29) is 12.0 Å². The van der Waals surface area contributed by atoms with Gasteiger partial charge < -0.3 is 14.9 Å². The zero-order valence-electron chi connectivity index (χ0n) is 9.99. The monoisotopic (exact) mass is 217 g/mol. The third-order valence-electron chi connectivity index (χ3n) is 2.77. The molecular formula is C11H23NO3. The van der Waals surface area contributed by atoms with Crippen molar-refractivity contribution in [2.75, 3.05) is 39.5 Å². The van der Waals surface area contributed by atoms with Crippen LogP contribution in [0.25, 0.3) is 0 Å². The van der Waals surface area contributed by atoms with Crippen molar-refractivity contribution in [2.45, 2.75) is 26.4 Å². The maximum absolute atomic E-state index is 9.74. The highest BCUT2D eigenvalue weighted by Gasteiger charge is 2.39. The fraction of sp³-hybridized carbons (Fsp3) is 1.00. The number of aliphatic hydroxyl groups is 2. The van der Waals surface area contributed by atoms with Gasteiger partial charge >= 0.3 is 0 Å². The van der Waals surface area contributed by atoms with E-state index in [0.29, 0.717) is 19.8 Å². The van der Waals surface area contributed by atoms with Gasteiger partial charge in [-0.3, -0.25) is 4.90 Å². The highest BCUT2D eigenvalue weighted by Crippen LogP contribution is 2.28. The van der Waals surface area contributed by atoms with Crippen molar-refractivity contribution in [3.8, 4) is 0 Å². The van der Waals surface area contributed by atoms with Gasteiger partial charge in [-0.2, -0.15) is 0 Å². The number of hydrogen-bond acceptors (Lipinski definition) is 4. The summed E-state index contributed by atoms with van der Waals surface area (Å²) < 4.78 is 5.16. The lowest BCUT2D eigenvalue weighted by Gasteiger charge is -2.44. The van der Waals surface area contributed by atoms with Crippen molar-refractivity contribution in [2.24, 2.45) is 5.41 Å². The van der Waals surface area contributed by atoms with Crippen LogP contribution >= 0.6 is 0 Å². The molecule has 0 bridgehead atoms. The highest BCUT2D eigenvalue weighted by molar-refractivity contribution is 4.89. The van der Waals surface area contributed by atoms with Gasteiger partial charge in [-0.05, 0) is 20.4 Å². The SMILES string of the molecule is CCN(CC(C)(C)O)CC1(CO)COC1. The summed E-state index contributed by atoms with van der Waals surface area (Å²) >= 11 is 0. The minimum atomic E-state index is -0.683. The van der Waals surface area contributed by atoms with Crippen LogP contribution < -0.4 is 0 Å². The van der Waals surface area contributed by atoms with Crippen LogP contribution in [0.1, 0.15) is 20.8 Å². The average molecular weight is 217 g/mol. The summed E-state index contributed by atoms with van der Waals surface area (Å²) in [6.45, 7) is 9.40. The Labute approximate surface area is 91.8 Å². The molecule has 0 aromatic rings. The molecule has 0 aromatic heterocycles. The molecule has 0 aliphatic carbocycles. The predicted octanol–water partition coefficient (Wildman–Crippen LogP) is 0.0881. The van der Waals surface area contributed by atoms with Crippen LogP contribution in [0.4, 0.5) is 0 Å². The Hall–Kier alpha value is -0.160. The van der Waals surface area contributed by atoms with E-state index in [1.807, 2.05) is 0 Å². The molecule has 0 saturated carbocycles. The molecule has 1 saturated heterocycles. The first-order valence-electron chi connectivity index (χ1n) is 5.54. The number of nitrogens with zero attached hydrogens (tertiary/aromatic N) is 1. The average Bonchev–Trinajstić information content (AvgIpc) is 2.07. The Bertz CT molecular complexity index is 191. The molecule has 2 N–H and O–H groups in total. The summed E-state index contributed by atoms with van der Waals surface area (Å²) in [6.07, 6.45) is 0. The number of hydrogen-bond donors (Lipinski definition) is 2. The maximum atomic E-state index is 9.74. The van der Waals surface area contributed by atoms with Crippen LogP contribution in [0.5, 0.6) is 0 Å². The number of rotatable bonds is 6. The van der Waals surface area contributed by atoms with Gasteiger partial charge in [0.25, 0.3) is 0 Å². The Morgan fingerprint density at radius 2 is 2.00 bits per heavy atom. The van der Waals surface area contributed by atoms with Crippen LogP contribution in [0.3, 0.4) is 0 Å². The van der Waals surface area contributed by atoms with Crippen molar-refractivity contribution in [3.63, 3.8) is 0 Å². The van der Waals surface area contributed by atoms with Crippen LogP contribution in [0.2, 0.25) is 0 Å². The van der Waals surface area contributed by atoms with Crippen molar-refractivity contribution >= 4 is 0 Å². The summed E-state index contributed by atoms with van der Waals surface area (Å²) in [5.41, 5.74) is -0.779. The third kappa shape index (κ3) is 3.72. The van der Waals surface area contributed by atoms with E-state index >= 15 is 0 Å². The molecule has 0 amide bonds. The first-order chi connectivity index (χ1) is 6.91. The van der Waals surface area contributed by atoms with Crippen LogP contribution in [0.15, 0.2) is 0 Å². The second kappa shape index (κ2) is 4.78. The molecule has 4 heteroatoms.